The van der Waals surface area contributed by atoms with E-state index in [1.54, 1.807) is 0 Å². The van der Waals surface area contributed by atoms with Crippen LogP contribution in [0.15, 0.2) is 48.5 Å². The van der Waals surface area contributed by atoms with Crippen LogP contribution in [0.1, 0.15) is 43.5 Å². The van der Waals surface area contributed by atoms with Gasteiger partial charge in [-0.3, -0.25) is 0 Å². The molecule has 2 aromatic rings. The molecule has 0 aromatic heterocycles. The van der Waals surface area contributed by atoms with E-state index in [9.17, 15) is 0 Å². The van der Waals surface area contributed by atoms with Gasteiger partial charge in [0.15, 0.2) is 0 Å². The van der Waals surface area contributed by atoms with Gasteiger partial charge in [0.25, 0.3) is 0 Å². The van der Waals surface area contributed by atoms with E-state index in [1.807, 2.05) is 0 Å². The SMILES string of the molecule is CCNC(c1ccccc1)c1ccc2c(c1)C(C)(C)CO2. The summed E-state index contributed by atoms with van der Waals surface area (Å²) in [6.45, 7) is 8.34. The fourth-order valence-corrected chi connectivity index (χ4v) is 3.00. The molecule has 1 aliphatic rings. The van der Waals surface area contributed by atoms with E-state index in [1.165, 1.54) is 16.7 Å². The summed E-state index contributed by atoms with van der Waals surface area (Å²) in [6.07, 6.45) is 0. The van der Waals surface area contributed by atoms with E-state index in [4.69, 9.17) is 4.74 Å². The molecule has 0 spiro atoms. The summed E-state index contributed by atoms with van der Waals surface area (Å²) in [4.78, 5) is 0. The quantitative estimate of drug-likeness (QED) is 0.912. The van der Waals surface area contributed by atoms with Crippen molar-refractivity contribution >= 4 is 0 Å². The van der Waals surface area contributed by atoms with Gasteiger partial charge in [-0.15, -0.1) is 0 Å². The zero-order valence-corrected chi connectivity index (χ0v) is 13.0. The van der Waals surface area contributed by atoms with Gasteiger partial charge in [-0.2, -0.15) is 0 Å². The third-order valence-electron chi connectivity index (χ3n) is 4.20. The highest BCUT2D eigenvalue weighted by atomic mass is 16.5. The first-order valence-corrected chi connectivity index (χ1v) is 7.67. The Bertz CT molecular complexity index is 619. The summed E-state index contributed by atoms with van der Waals surface area (Å²) in [7, 11) is 0. The van der Waals surface area contributed by atoms with Crippen LogP contribution in [0.2, 0.25) is 0 Å². The molecule has 0 saturated carbocycles. The minimum Gasteiger partial charge on any atom is -0.492 e. The lowest BCUT2D eigenvalue weighted by atomic mass is 9.85. The Morgan fingerprint density at radius 2 is 1.86 bits per heavy atom. The van der Waals surface area contributed by atoms with Crippen molar-refractivity contribution in [1.82, 2.24) is 5.32 Å². The molecule has 1 heterocycles. The maximum Gasteiger partial charge on any atom is 0.123 e. The van der Waals surface area contributed by atoms with Crippen molar-refractivity contribution in [2.45, 2.75) is 32.2 Å². The molecule has 3 rings (SSSR count). The van der Waals surface area contributed by atoms with Gasteiger partial charge in [-0.1, -0.05) is 57.2 Å². The molecule has 0 aliphatic carbocycles. The average molecular weight is 281 g/mol. The Balaban J connectivity index is 2.02. The predicted molar refractivity (Wildman–Crippen MR) is 86.9 cm³/mol. The number of fused-ring (bicyclic) bond motifs is 1. The Morgan fingerprint density at radius 1 is 1.10 bits per heavy atom. The zero-order valence-electron chi connectivity index (χ0n) is 13.0. The van der Waals surface area contributed by atoms with Crippen LogP contribution in [0.25, 0.3) is 0 Å². The summed E-state index contributed by atoms with van der Waals surface area (Å²) in [5.74, 6) is 1.03. The Hall–Kier alpha value is -1.80. The van der Waals surface area contributed by atoms with Gasteiger partial charge in [0.2, 0.25) is 0 Å². The van der Waals surface area contributed by atoms with Crippen molar-refractivity contribution in [1.29, 1.82) is 0 Å². The van der Waals surface area contributed by atoms with E-state index >= 15 is 0 Å². The lowest BCUT2D eigenvalue weighted by Gasteiger charge is -2.21. The molecule has 110 valence electrons. The van der Waals surface area contributed by atoms with Gasteiger partial charge >= 0.3 is 0 Å². The number of hydrogen-bond acceptors (Lipinski definition) is 2. The molecular formula is C19H23NO. The average Bonchev–Trinajstić information content (AvgIpc) is 2.81. The van der Waals surface area contributed by atoms with Gasteiger partial charge in [-0.05, 0) is 29.8 Å². The normalized spacial score (nSPS) is 17.1. The van der Waals surface area contributed by atoms with Crippen molar-refractivity contribution in [3.8, 4) is 5.75 Å². The molecule has 0 amide bonds. The maximum absolute atomic E-state index is 5.79. The third-order valence-corrected chi connectivity index (χ3v) is 4.20. The second kappa shape index (κ2) is 5.53. The highest BCUT2D eigenvalue weighted by molar-refractivity contribution is 5.47. The molecule has 1 N–H and O–H groups in total. The Labute approximate surface area is 127 Å². The van der Waals surface area contributed by atoms with Gasteiger partial charge in [0, 0.05) is 11.0 Å². The van der Waals surface area contributed by atoms with E-state index in [-0.39, 0.29) is 11.5 Å². The smallest absolute Gasteiger partial charge is 0.123 e. The van der Waals surface area contributed by atoms with Crippen LogP contribution >= 0.6 is 0 Å². The second-order valence-electron chi connectivity index (χ2n) is 6.33. The molecule has 0 radical (unpaired) electrons. The van der Waals surface area contributed by atoms with Gasteiger partial charge in [-0.25, -0.2) is 0 Å². The number of nitrogens with one attached hydrogen (secondary N) is 1. The number of ether oxygens (including phenoxy) is 1. The number of hydrogen-bond donors (Lipinski definition) is 1. The van der Waals surface area contributed by atoms with Crippen LogP contribution in [0.3, 0.4) is 0 Å². The topological polar surface area (TPSA) is 21.3 Å². The van der Waals surface area contributed by atoms with Crippen LogP contribution in [0.4, 0.5) is 0 Å². The lowest BCUT2D eigenvalue weighted by Crippen LogP contribution is -2.23. The van der Waals surface area contributed by atoms with Crippen LogP contribution < -0.4 is 10.1 Å². The van der Waals surface area contributed by atoms with Crippen LogP contribution in [0.5, 0.6) is 5.75 Å². The fourth-order valence-electron chi connectivity index (χ4n) is 3.00. The third kappa shape index (κ3) is 2.68. The van der Waals surface area contributed by atoms with Gasteiger partial charge in [0.05, 0.1) is 12.6 Å². The van der Waals surface area contributed by atoms with E-state index in [0.29, 0.717) is 0 Å². The monoisotopic (exact) mass is 281 g/mol. The second-order valence-corrected chi connectivity index (χ2v) is 6.33. The number of rotatable bonds is 4. The highest BCUT2D eigenvalue weighted by Gasteiger charge is 2.32. The molecule has 2 nitrogen and oxygen atoms in total. The first-order chi connectivity index (χ1) is 10.1. The summed E-state index contributed by atoms with van der Waals surface area (Å²) in [5.41, 5.74) is 4.02. The fraction of sp³-hybridized carbons (Fsp3) is 0.368. The molecule has 1 aliphatic heterocycles. The van der Waals surface area contributed by atoms with Gasteiger partial charge < -0.3 is 10.1 Å². The Kier molecular flexibility index (Phi) is 3.73. The van der Waals surface area contributed by atoms with Crippen LogP contribution in [-0.4, -0.2) is 13.2 Å². The molecule has 0 saturated heterocycles. The molecule has 0 bridgehead atoms. The van der Waals surface area contributed by atoms with E-state index < -0.39 is 0 Å². The van der Waals surface area contributed by atoms with Crippen LogP contribution in [-0.2, 0) is 5.41 Å². The summed E-state index contributed by atoms with van der Waals surface area (Å²) in [6, 6.07) is 17.5. The summed E-state index contributed by atoms with van der Waals surface area (Å²) in [5, 5.41) is 3.59. The van der Waals surface area contributed by atoms with Gasteiger partial charge in [0.1, 0.15) is 5.75 Å². The first kappa shape index (κ1) is 14.2. The molecule has 0 fully saturated rings. The largest absolute Gasteiger partial charge is 0.492 e. The Morgan fingerprint density at radius 3 is 2.57 bits per heavy atom. The first-order valence-electron chi connectivity index (χ1n) is 7.67. The standard InChI is InChI=1S/C19H23NO/c1-4-20-18(14-8-6-5-7-9-14)15-10-11-17-16(12-15)19(2,3)13-21-17/h5-12,18,20H,4,13H2,1-3H3. The van der Waals surface area contributed by atoms with Crippen molar-refractivity contribution in [2.75, 3.05) is 13.2 Å². The van der Waals surface area contributed by atoms with Crippen molar-refractivity contribution in [3.05, 3.63) is 65.2 Å². The van der Waals surface area contributed by atoms with Crippen molar-refractivity contribution in [2.24, 2.45) is 0 Å². The lowest BCUT2D eigenvalue weighted by molar-refractivity contribution is 0.291. The minimum atomic E-state index is 0.0960. The molecule has 1 atom stereocenters. The van der Waals surface area contributed by atoms with E-state index in [0.717, 1.165) is 18.9 Å². The van der Waals surface area contributed by atoms with E-state index in [2.05, 4.69) is 74.6 Å². The molecule has 2 heteroatoms. The van der Waals surface area contributed by atoms with Crippen molar-refractivity contribution < 1.29 is 4.74 Å². The summed E-state index contributed by atoms with van der Waals surface area (Å²) < 4.78 is 5.79. The highest BCUT2D eigenvalue weighted by Crippen LogP contribution is 2.40. The molecule has 21 heavy (non-hydrogen) atoms. The van der Waals surface area contributed by atoms with Crippen molar-refractivity contribution in [3.63, 3.8) is 0 Å². The molecule has 1 unspecified atom stereocenters. The predicted octanol–water partition coefficient (Wildman–Crippen LogP) is 4.06. The molecular weight excluding hydrogens is 258 g/mol. The molecule has 2 aromatic carbocycles. The summed E-state index contributed by atoms with van der Waals surface area (Å²) >= 11 is 0. The zero-order chi connectivity index (χ0) is 14.9. The maximum atomic E-state index is 5.79. The number of benzene rings is 2. The van der Waals surface area contributed by atoms with Crippen LogP contribution in [0, 0.1) is 0 Å². The minimum absolute atomic E-state index is 0.0960.